The predicted molar refractivity (Wildman–Crippen MR) is 119 cm³/mol. The van der Waals surface area contributed by atoms with Crippen LogP contribution in [0.25, 0.3) is 11.1 Å². The van der Waals surface area contributed by atoms with Gasteiger partial charge in [-0.3, -0.25) is 9.69 Å². The number of hydrogen-bond donors (Lipinski definition) is 1. The Kier molecular flexibility index (Phi) is 6.42. The molecular weight excluding hydrogens is 394 g/mol. The molecule has 5 heteroatoms. The molecule has 31 heavy (non-hydrogen) atoms. The highest BCUT2D eigenvalue weighted by Crippen LogP contribution is 2.24. The SMILES string of the molecule is Cc1ccccc1C(=O)NC1CCN(Cc2cccc(-c3ccc(F)c(F)c3)c2)CC1. The predicted octanol–water partition coefficient (Wildman–Crippen LogP) is 5.33. The molecule has 0 unspecified atom stereocenters. The Hall–Kier alpha value is -3.05. The zero-order valence-electron chi connectivity index (χ0n) is 17.6. The third kappa shape index (κ3) is 5.17. The minimum absolute atomic E-state index is 0.00391. The van der Waals surface area contributed by atoms with Crippen molar-refractivity contribution in [2.45, 2.75) is 32.4 Å². The summed E-state index contributed by atoms with van der Waals surface area (Å²) in [4.78, 5) is 14.9. The van der Waals surface area contributed by atoms with Gasteiger partial charge in [0.05, 0.1) is 0 Å². The van der Waals surface area contributed by atoms with Crippen LogP contribution in [0.1, 0.15) is 34.3 Å². The lowest BCUT2D eigenvalue weighted by Crippen LogP contribution is -2.44. The Balaban J connectivity index is 1.33. The molecule has 3 aromatic rings. The van der Waals surface area contributed by atoms with Crippen LogP contribution in [0.15, 0.2) is 66.7 Å². The number of amides is 1. The molecule has 3 aromatic carbocycles. The minimum atomic E-state index is -0.836. The summed E-state index contributed by atoms with van der Waals surface area (Å²) in [5.41, 5.74) is 4.39. The molecule has 0 saturated carbocycles. The van der Waals surface area contributed by atoms with Gasteiger partial charge in [-0.1, -0.05) is 42.5 Å². The topological polar surface area (TPSA) is 32.3 Å². The molecule has 1 heterocycles. The van der Waals surface area contributed by atoms with E-state index in [2.05, 4.69) is 16.3 Å². The summed E-state index contributed by atoms with van der Waals surface area (Å²) in [6.07, 6.45) is 1.81. The van der Waals surface area contributed by atoms with Gasteiger partial charge in [0.15, 0.2) is 11.6 Å². The number of rotatable bonds is 5. The molecule has 0 spiro atoms. The smallest absolute Gasteiger partial charge is 0.251 e. The highest BCUT2D eigenvalue weighted by molar-refractivity contribution is 5.95. The van der Waals surface area contributed by atoms with Crippen LogP contribution in [0.4, 0.5) is 8.78 Å². The summed E-state index contributed by atoms with van der Waals surface area (Å²) in [6, 6.07) is 19.7. The molecular formula is C26H26F2N2O. The summed E-state index contributed by atoms with van der Waals surface area (Å²) in [5, 5.41) is 3.17. The fourth-order valence-electron chi connectivity index (χ4n) is 4.11. The second kappa shape index (κ2) is 9.40. The first kappa shape index (κ1) is 21.2. The molecule has 1 N–H and O–H groups in total. The van der Waals surface area contributed by atoms with Gasteiger partial charge in [-0.2, -0.15) is 0 Å². The number of halogens is 2. The van der Waals surface area contributed by atoms with Crippen molar-refractivity contribution in [3.8, 4) is 11.1 Å². The number of aryl methyl sites for hydroxylation is 1. The lowest BCUT2D eigenvalue weighted by molar-refractivity contribution is 0.0908. The number of nitrogens with one attached hydrogen (secondary N) is 1. The third-order valence-corrected chi connectivity index (χ3v) is 5.90. The van der Waals surface area contributed by atoms with Crippen molar-refractivity contribution in [2.24, 2.45) is 0 Å². The summed E-state index contributed by atoms with van der Waals surface area (Å²) in [6.45, 7) is 4.53. The molecule has 0 aromatic heterocycles. The van der Waals surface area contributed by atoms with Crippen LogP contribution in [0.2, 0.25) is 0 Å². The zero-order valence-corrected chi connectivity index (χ0v) is 17.6. The number of carbonyl (C=O) groups excluding carboxylic acids is 1. The van der Waals surface area contributed by atoms with Gasteiger partial charge in [0.1, 0.15) is 0 Å². The quantitative estimate of drug-likeness (QED) is 0.605. The number of nitrogens with zero attached hydrogens (tertiary/aromatic N) is 1. The van der Waals surface area contributed by atoms with Gasteiger partial charge in [0.2, 0.25) is 0 Å². The average molecular weight is 421 g/mol. The molecule has 0 aliphatic carbocycles. The van der Waals surface area contributed by atoms with Crippen molar-refractivity contribution in [3.63, 3.8) is 0 Å². The summed E-state index contributed by atoms with van der Waals surface area (Å²) in [7, 11) is 0. The standard InChI is InChI=1S/C26H26F2N2O/c1-18-5-2-3-8-23(18)26(31)29-22-11-13-30(14-12-22)17-19-6-4-7-20(15-19)21-9-10-24(27)25(28)16-21/h2-10,15-16,22H,11-14,17H2,1H3,(H,29,31). The van der Waals surface area contributed by atoms with Gasteiger partial charge in [-0.25, -0.2) is 8.78 Å². The van der Waals surface area contributed by atoms with E-state index in [0.29, 0.717) is 5.56 Å². The Bertz CT molecular complexity index is 1070. The zero-order chi connectivity index (χ0) is 21.8. The lowest BCUT2D eigenvalue weighted by Gasteiger charge is -2.32. The van der Waals surface area contributed by atoms with Gasteiger partial charge < -0.3 is 5.32 Å². The maximum Gasteiger partial charge on any atom is 0.251 e. The molecule has 0 radical (unpaired) electrons. The summed E-state index contributed by atoms with van der Waals surface area (Å²) >= 11 is 0. The second-order valence-electron chi connectivity index (χ2n) is 8.17. The Morgan fingerprint density at radius 1 is 0.935 bits per heavy atom. The first-order chi connectivity index (χ1) is 15.0. The molecule has 160 valence electrons. The van der Waals surface area contributed by atoms with E-state index < -0.39 is 11.6 Å². The number of piperidine rings is 1. The maximum atomic E-state index is 13.6. The van der Waals surface area contributed by atoms with E-state index in [1.54, 1.807) is 6.07 Å². The molecule has 1 aliphatic rings. The van der Waals surface area contributed by atoms with Gasteiger partial charge in [0.25, 0.3) is 5.91 Å². The van der Waals surface area contributed by atoms with E-state index in [1.165, 1.54) is 6.07 Å². The molecule has 0 atom stereocenters. The minimum Gasteiger partial charge on any atom is -0.349 e. The van der Waals surface area contributed by atoms with E-state index in [0.717, 1.165) is 60.8 Å². The summed E-state index contributed by atoms with van der Waals surface area (Å²) in [5.74, 6) is -1.68. The van der Waals surface area contributed by atoms with Crippen LogP contribution in [0.5, 0.6) is 0 Å². The van der Waals surface area contributed by atoms with Gasteiger partial charge in [-0.15, -0.1) is 0 Å². The first-order valence-corrected chi connectivity index (χ1v) is 10.6. The third-order valence-electron chi connectivity index (χ3n) is 5.90. The Morgan fingerprint density at radius 3 is 2.42 bits per heavy atom. The van der Waals surface area contributed by atoms with E-state index in [4.69, 9.17) is 0 Å². The monoisotopic (exact) mass is 420 g/mol. The normalized spacial score (nSPS) is 15.1. The molecule has 1 fully saturated rings. The second-order valence-corrected chi connectivity index (χ2v) is 8.17. The van der Waals surface area contributed by atoms with E-state index in [1.807, 2.05) is 49.4 Å². The van der Waals surface area contributed by atoms with Crippen LogP contribution in [-0.2, 0) is 6.54 Å². The molecule has 4 rings (SSSR count). The van der Waals surface area contributed by atoms with Crippen LogP contribution in [0.3, 0.4) is 0 Å². The van der Waals surface area contributed by atoms with Crippen LogP contribution >= 0.6 is 0 Å². The molecule has 1 saturated heterocycles. The molecule has 0 bridgehead atoms. The van der Waals surface area contributed by atoms with Gasteiger partial charge in [-0.05, 0) is 66.3 Å². The van der Waals surface area contributed by atoms with Crippen molar-refractivity contribution in [3.05, 3.63) is 95.1 Å². The number of carbonyl (C=O) groups is 1. The molecule has 3 nitrogen and oxygen atoms in total. The Morgan fingerprint density at radius 2 is 1.68 bits per heavy atom. The first-order valence-electron chi connectivity index (χ1n) is 10.6. The largest absolute Gasteiger partial charge is 0.349 e. The van der Waals surface area contributed by atoms with Crippen molar-refractivity contribution in [2.75, 3.05) is 13.1 Å². The Labute approximate surface area is 181 Å². The van der Waals surface area contributed by atoms with E-state index in [-0.39, 0.29) is 11.9 Å². The van der Waals surface area contributed by atoms with Crippen molar-refractivity contribution < 1.29 is 13.6 Å². The van der Waals surface area contributed by atoms with Crippen LogP contribution in [-0.4, -0.2) is 29.9 Å². The van der Waals surface area contributed by atoms with Gasteiger partial charge in [0, 0.05) is 31.2 Å². The maximum absolute atomic E-state index is 13.6. The molecule has 1 amide bonds. The van der Waals surface area contributed by atoms with E-state index in [9.17, 15) is 13.6 Å². The van der Waals surface area contributed by atoms with Crippen LogP contribution < -0.4 is 5.32 Å². The summed E-state index contributed by atoms with van der Waals surface area (Å²) < 4.78 is 26.8. The number of benzene rings is 3. The fourth-order valence-corrected chi connectivity index (χ4v) is 4.11. The van der Waals surface area contributed by atoms with Gasteiger partial charge >= 0.3 is 0 Å². The average Bonchev–Trinajstić information content (AvgIpc) is 2.77. The van der Waals surface area contributed by atoms with E-state index >= 15 is 0 Å². The fraction of sp³-hybridized carbons (Fsp3) is 0.269. The van der Waals surface area contributed by atoms with Crippen molar-refractivity contribution >= 4 is 5.91 Å². The highest BCUT2D eigenvalue weighted by atomic mass is 19.2. The van der Waals surface area contributed by atoms with Crippen LogP contribution in [0, 0.1) is 18.6 Å². The lowest BCUT2D eigenvalue weighted by atomic mass is 10.0. The molecule has 1 aliphatic heterocycles. The highest BCUT2D eigenvalue weighted by Gasteiger charge is 2.21. The number of hydrogen-bond acceptors (Lipinski definition) is 2. The van der Waals surface area contributed by atoms with Crippen molar-refractivity contribution in [1.29, 1.82) is 0 Å². The number of likely N-dealkylation sites (tertiary alicyclic amines) is 1. The van der Waals surface area contributed by atoms with Crippen molar-refractivity contribution in [1.82, 2.24) is 10.2 Å².